The number of nitrogens with zero attached hydrogens (tertiary/aromatic N) is 3. The summed E-state index contributed by atoms with van der Waals surface area (Å²) in [6, 6.07) is 11.4. The maximum atomic E-state index is 12.2. The van der Waals surface area contributed by atoms with E-state index in [1.54, 1.807) is 19.9 Å². The number of carbonyl (C=O) groups excluding carboxylic acids is 1. The van der Waals surface area contributed by atoms with E-state index >= 15 is 0 Å². The molecule has 0 fully saturated rings. The zero-order valence-electron chi connectivity index (χ0n) is 13.0. The monoisotopic (exact) mass is 361 g/mol. The first-order chi connectivity index (χ1) is 11.6. The molecule has 2 aromatic heterocycles. The van der Waals surface area contributed by atoms with Crippen molar-refractivity contribution >= 4 is 45.6 Å². The molecule has 2 N–H and O–H groups in total. The first-order valence-electron chi connectivity index (χ1n) is 7.16. The first-order valence-corrected chi connectivity index (χ1v) is 8.86. The Labute approximate surface area is 146 Å². The van der Waals surface area contributed by atoms with Crippen LogP contribution in [-0.2, 0) is 4.79 Å². The lowest BCUT2D eigenvalue weighted by Gasteiger charge is -2.07. The largest absolute Gasteiger partial charge is 0.360 e. The highest BCUT2D eigenvalue weighted by Crippen LogP contribution is 2.30. The number of anilines is 3. The SMILES string of the molecule is Cc1cc(NC(=O)C(C)Sc2nnc(Nc3ccccc3)s2)no1. The van der Waals surface area contributed by atoms with Crippen LogP contribution in [0.1, 0.15) is 12.7 Å². The molecule has 0 aliphatic heterocycles. The molecule has 3 rings (SSSR count). The lowest BCUT2D eigenvalue weighted by molar-refractivity contribution is -0.115. The minimum Gasteiger partial charge on any atom is -0.360 e. The predicted octanol–water partition coefficient (Wildman–Crippen LogP) is 3.70. The van der Waals surface area contributed by atoms with Gasteiger partial charge in [-0.05, 0) is 26.0 Å². The minimum atomic E-state index is -0.334. The van der Waals surface area contributed by atoms with Crippen molar-refractivity contribution in [2.24, 2.45) is 0 Å². The predicted molar refractivity (Wildman–Crippen MR) is 94.8 cm³/mol. The van der Waals surface area contributed by atoms with Gasteiger partial charge in [-0.2, -0.15) is 0 Å². The summed E-state index contributed by atoms with van der Waals surface area (Å²) in [5, 5.41) is 18.2. The van der Waals surface area contributed by atoms with Gasteiger partial charge in [0, 0.05) is 11.8 Å². The van der Waals surface area contributed by atoms with Crippen LogP contribution in [0.5, 0.6) is 0 Å². The fraction of sp³-hybridized carbons (Fsp3) is 0.200. The summed E-state index contributed by atoms with van der Waals surface area (Å²) >= 11 is 2.74. The second-order valence-corrected chi connectivity index (χ2v) is 7.50. The average Bonchev–Trinajstić information content (AvgIpc) is 3.17. The first kappa shape index (κ1) is 16.5. The summed E-state index contributed by atoms with van der Waals surface area (Å²) in [5.74, 6) is 0.890. The van der Waals surface area contributed by atoms with Crippen LogP contribution < -0.4 is 10.6 Å². The van der Waals surface area contributed by atoms with Crippen LogP contribution >= 0.6 is 23.1 Å². The number of hydrogen-bond acceptors (Lipinski definition) is 8. The maximum absolute atomic E-state index is 12.2. The summed E-state index contributed by atoms with van der Waals surface area (Å²) in [6.07, 6.45) is 0. The van der Waals surface area contributed by atoms with Gasteiger partial charge in [-0.3, -0.25) is 4.79 Å². The van der Waals surface area contributed by atoms with Crippen molar-refractivity contribution in [1.29, 1.82) is 0 Å². The second kappa shape index (κ2) is 7.45. The van der Waals surface area contributed by atoms with Crippen molar-refractivity contribution in [1.82, 2.24) is 15.4 Å². The smallest absolute Gasteiger partial charge is 0.238 e. The van der Waals surface area contributed by atoms with Crippen molar-refractivity contribution in [2.75, 3.05) is 10.6 Å². The van der Waals surface area contributed by atoms with Gasteiger partial charge in [0.2, 0.25) is 11.0 Å². The van der Waals surface area contributed by atoms with Crippen LogP contribution in [0.2, 0.25) is 0 Å². The second-order valence-electron chi connectivity index (χ2n) is 4.94. The third-order valence-corrected chi connectivity index (χ3v) is 4.98. The molecule has 0 aliphatic carbocycles. The van der Waals surface area contributed by atoms with E-state index in [0.717, 1.165) is 5.69 Å². The highest BCUT2D eigenvalue weighted by Gasteiger charge is 2.18. The topological polar surface area (TPSA) is 92.9 Å². The highest BCUT2D eigenvalue weighted by atomic mass is 32.2. The molecule has 1 amide bonds. The number of nitrogens with one attached hydrogen (secondary N) is 2. The van der Waals surface area contributed by atoms with Crippen LogP contribution in [0.3, 0.4) is 0 Å². The molecule has 0 aliphatic rings. The zero-order chi connectivity index (χ0) is 16.9. The number of benzene rings is 1. The van der Waals surface area contributed by atoms with E-state index in [1.165, 1.54) is 23.1 Å². The van der Waals surface area contributed by atoms with Crippen LogP contribution in [0.4, 0.5) is 16.6 Å². The molecule has 0 bridgehead atoms. The molecule has 124 valence electrons. The molecule has 0 saturated heterocycles. The molecule has 3 aromatic rings. The van der Waals surface area contributed by atoms with Crippen molar-refractivity contribution in [2.45, 2.75) is 23.4 Å². The van der Waals surface area contributed by atoms with Crippen LogP contribution in [-0.4, -0.2) is 26.5 Å². The van der Waals surface area contributed by atoms with E-state index in [0.29, 0.717) is 21.0 Å². The molecule has 0 saturated carbocycles. The maximum Gasteiger partial charge on any atom is 0.238 e. The molecule has 2 heterocycles. The molecule has 1 atom stereocenters. The van der Waals surface area contributed by atoms with Gasteiger partial charge < -0.3 is 15.2 Å². The van der Waals surface area contributed by atoms with Gasteiger partial charge in [0.25, 0.3) is 0 Å². The van der Waals surface area contributed by atoms with Gasteiger partial charge in [0.15, 0.2) is 10.2 Å². The number of carbonyl (C=O) groups is 1. The Bertz CT molecular complexity index is 818. The van der Waals surface area contributed by atoms with Gasteiger partial charge in [0.1, 0.15) is 5.76 Å². The standard InChI is InChI=1S/C15H15N5O2S2/c1-9-8-12(20-22-9)17-13(21)10(2)23-15-19-18-14(24-15)16-11-6-4-3-5-7-11/h3-8,10H,1-2H3,(H,16,18)(H,17,20,21). The average molecular weight is 361 g/mol. The van der Waals surface area contributed by atoms with Crippen molar-refractivity contribution in [3.05, 3.63) is 42.2 Å². The summed E-state index contributed by atoms with van der Waals surface area (Å²) in [7, 11) is 0. The quantitative estimate of drug-likeness (QED) is 0.647. The van der Waals surface area contributed by atoms with Crippen molar-refractivity contribution < 1.29 is 9.32 Å². The summed E-state index contributed by atoms with van der Waals surface area (Å²) in [5.41, 5.74) is 0.942. The molecule has 9 heteroatoms. The molecule has 7 nitrogen and oxygen atoms in total. The fourth-order valence-corrected chi connectivity index (χ4v) is 3.73. The molecule has 0 spiro atoms. The fourth-order valence-electron chi connectivity index (χ4n) is 1.81. The number of thioether (sulfide) groups is 1. The summed E-state index contributed by atoms with van der Waals surface area (Å²) in [6.45, 7) is 3.57. The van der Waals surface area contributed by atoms with E-state index in [1.807, 2.05) is 30.3 Å². The lowest BCUT2D eigenvalue weighted by atomic mass is 10.3. The van der Waals surface area contributed by atoms with Crippen LogP contribution in [0.15, 0.2) is 45.3 Å². The van der Waals surface area contributed by atoms with E-state index in [9.17, 15) is 4.79 Å². The van der Waals surface area contributed by atoms with Crippen molar-refractivity contribution in [3.63, 3.8) is 0 Å². The Kier molecular flexibility index (Phi) is 5.11. The van der Waals surface area contributed by atoms with Gasteiger partial charge in [-0.1, -0.05) is 46.5 Å². The summed E-state index contributed by atoms with van der Waals surface area (Å²) < 4.78 is 5.64. The number of para-hydroxylation sites is 1. The number of aryl methyl sites for hydroxylation is 1. The number of hydrogen-bond donors (Lipinski definition) is 2. The molecular formula is C15H15N5O2S2. The van der Waals surface area contributed by atoms with Crippen LogP contribution in [0, 0.1) is 6.92 Å². The zero-order valence-corrected chi connectivity index (χ0v) is 14.6. The Morgan fingerprint density at radius 3 is 2.79 bits per heavy atom. The Balaban J connectivity index is 1.56. The third-order valence-electron chi connectivity index (χ3n) is 2.96. The third kappa shape index (κ3) is 4.33. The number of rotatable bonds is 6. The van der Waals surface area contributed by atoms with E-state index in [-0.39, 0.29) is 11.2 Å². The summed E-state index contributed by atoms with van der Waals surface area (Å²) in [4.78, 5) is 12.2. The van der Waals surface area contributed by atoms with E-state index in [2.05, 4.69) is 26.0 Å². The van der Waals surface area contributed by atoms with E-state index in [4.69, 9.17) is 4.52 Å². The molecular weight excluding hydrogens is 346 g/mol. The minimum absolute atomic E-state index is 0.166. The number of aromatic nitrogens is 3. The molecule has 24 heavy (non-hydrogen) atoms. The number of amides is 1. The lowest BCUT2D eigenvalue weighted by Crippen LogP contribution is -2.22. The van der Waals surface area contributed by atoms with Gasteiger partial charge in [0.05, 0.1) is 5.25 Å². The molecule has 1 unspecified atom stereocenters. The van der Waals surface area contributed by atoms with Crippen molar-refractivity contribution in [3.8, 4) is 0 Å². The van der Waals surface area contributed by atoms with Gasteiger partial charge in [-0.15, -0.1) is 10.2 Å². The Morgan fingerprint density at radius 2 is 2.08 bits per heavy atom. The van der Waals surface area contributed by atoms with Gasteiger partial charge in [-0.25, -0.2) is 0 Å². The molecule has 0 radical (unpaired) electrons. The van der Waals surface area contributed by atoms with Crippen LogP contribution in [0.25, 0.3) is 0 Å². The van der Waals surface area contributed by atoms with Gasteiger partial charge >= 0.3 is 0 Å². The highest BCUT2D eigenvalue weighted by molar-refractivity contribution is 8.02. The van der Waals surface area contributed by atoms with E-state index < -0.39 is 0 Å². The molecule has 1 aromatic carbocycles. The Hall–Kier alpha value is -2.39. The Morgan fingerprint density at radius 1 is 1.29 bits per heavy atom. The normalized spacial score (nSPS) is 11.9.